The average molecular weight is 171 g/mol. The quantitative estimate of drug-likeness (QED) is 0.468. The first kappa shape index (κ1) is 11.6. The van der Waals surface area contributed by atoms with Gasteiger partial charge in [-0.2, -0.15) is 0 Å². The second-order valence-corrected chi connectivity index (χ2v) is 3.78. The summed E-state index contributed by atoms with van der Waals surface area (Å²) < 4.78 is 0. The molecule has 2 nitrogen and oxygen atoms in total. The largest absolute Gasteiger partial charge is 0.393 e. The summed E-state index contributed by atoms with van der Waals surface area (Å²) >= 11 is 0. The molecule has 0 rings (SSSR count). The molecule has 0 saturated heterocycles. The molecule has 2 unspecified atom stereocenters. The van der Waals surface area contributed by atoms with E-state index in [1.165, 1.54) is 6.21 Å². The minimum atomic E-state index is -0.212. The molecular formula is C10H21NO. The molecule has 0 aromatic rings. The van der Waals surface area contributed by atoms with Gasteiger partial charge < -0.3 is 10.5 Å². The van der Waals surface area contributed by atoms with Crippen LogP contribution in [0.15, 0.2) is 0 Å². The van der Waals surface area contributed by atoms with Gasteiger partial charge in [0.1, 0.15) is 0 Å². The zero-order valence-electron chi connectivity index (χ0n) is 8.38. The third-order valence-corrected chi connectivity index (χ3v) is 2.36. The number of aliphatic hydroxyl groups excluding tert-OH is 1. The smallest absolute Gasteiger partial charge is 0.0542 e. The van der Waals surface area contributed by atoms with Crippen LogP contribution in [-0.4, -0.2) is 17.4 Å². The number of unbranched alkanes of at least 4 members (excludes halogenated alkanes) is 1. The van der Waals surface area contributed by atoms with Gasteiger partial charge in [-0.15, -0.1) is 0 Å². The van der Waals surface area contributed by atoms with E-state index in [9.17, 15) is 5.11 Å². The van der Waals surface area contributed by atoms with E-state index >= 15 is 0 Å². The molecule has 0 heterocycles. The molecule has 0 spiro atoms. The van der Waals surface area contributed by atoms with Gasteiger partial charge in [0.2, 0.25) is 0 Å². The van der Waals surface area contributed by atoms with E-state index in [0.29, 0.717) is 11.8 Å². The van der Waals surface area contributed by atoms with Crippen LogP contribution in [0.4, 0.5) is 0 Å². The Balaban J connectivity index is 3.71. The maximum atomic E-state index is 9.42. The highest BCUT2D eigenvalue weighted by Crippen LogP contribution is 2.21. The van der Waals surface area contributed by atoms with Crippen molar-refractivity contribution in [1.29, 1.82) is 5.41 Å². The minimum Gasteiger partial charge on any atom is -0.393 e. The standard InChI is InChI=1S/C10H21NO/c1-8(2)10(9(3)12)6-4-5-7-11/h7-12H,4-6H2,1-3H3. The molecule has 0 aliphatic rings. The summed E-state index contributed by atoms with van der Waals surface area (Å²) in [5, 5.41) is 16.3. The SMILES string of the molecule is CC(C)C(CCCC=N)C(C)O. The van der Waals surface area contributed by atoms with Crippen LogP contribution in [0.5, 0.6) is 0 Å². The van der Waals surface area contributed by atoms with Gasteiger partial charge >= 0.3 is 0 Å². The predicted octanol–water partition coefficient (Wildman–Crippen LogP) is 2.46. The lowest BCUT2D eigenvalue weighted by molar-refractivity contribution is 0.0910. The van der Waals surface area contributed by atoms with Crippen LogP contribution in [0, 0.1) is 17.2 Å². The van der Waals surface area contributed by atoms with Crippen LogP contribution in [-0.2, 0) is 0 Å². The normalized spacial score (nSPS) is 16.1. The van der Waals surface area contributed by atoms with E-state index in [1.807, 2.05) is 6.92 Å². The minimum absolute atomic E-state index is 0.212. The summed E-state index contributed by atoms with van der Waals surface area (Å²) in [4.78, 5) is 0. The second kappa shape index (κ2) is 6.18. The fraction of sp³-hybridized carbons (Fsp3) is 0.900. The van der Waals surface area contributed by atoms with Gasteiger partial charge in [0.05, 0.1) is 6.10 Å². The third kappa shape index (κ3) is 4.50. The number of hydrogen-bond donors (Lipinski definition) is 2. The van der Waals surface area contributed by atoms with E-state index in [4.69, 9.17) is 5.41 Å². The number of nitrogens with one attached hydrogen (secondary N) is 1. The van der Waals surface area contributed by atoms with Gasteiger partial charge in [0, 0.05) is 0 Å². The lowest BCUT2D eigenvalue weighted by atomic mass is 9.86. The van der Waals surface area contributed by atoms with Gasteiger partial charge in [-0.25, -0.2) is 0 Å². The van der Waals surface area contributed by atoms with Crippen LogP contribution in [0.3, 0.4) is 0 Å². The average Bonchev–Trinajstić information content (AvgIpc) is 1.96. The Bertz CT molecular complexity index is 113. The van der Waals surface area contributed by atoms with E-state index in [1.54, 1.807) is 0 Å². The molecule has 0 bridgehead atoms. The van der Waals surface area contributed by atoms with Gasteiger partial charge in [0.15, 0.2) is 0 Å². The summed E-state index contributed by atoms with van der Waals surface area (Å²) in [5.74, 6) is 0.931. The Morgan fingerprint density at radius 3 is 2.25 bits per heavy atom. The summed E-state index contributed by atoms with van der Waals surface area (Å²) in [7, 11) is 0. The number of rotatable bonds is 6. The lowest BCUT2D eigenvalue weighted by Crippen LogP contribution is -2.22. The van der Waals surface area contributed by atoms with E-state index in [0.717, 1.165) is 19.3 Å². The molecule has 72 valence electrons. The van der Waals surface area contributed by atoms with Crippen molar-refractivity contribution in [3.05, 3.63) is 0 Å². The number of aliphatic hydroxyl groups is 1. The lowest BCUT2D eigenvalue weighted by Gasteiger charge is -2.23. The summed E-state index contributed by atoms with van der Waals surface area (Å²) in [6, 6.07) is 0. The zero-order chi connectivity index (χ0) is 9.56. The molecular weight excluding hydrogens is 150 g/mol. The molecule has 0 fully saturated rings. The maximum absolute atomic E-state index is 9.42. The molecule has 0 aliphatic heterocycles. The molecule has 0 aromatic carbocycles. The predicted molar refractivity (Wildman–Crippen MR) is 52.6 cm³/mol. The highest BCUT2D eigenvalue weighted by molar-refractivity contribution is 5.52. The molecule has 2 atom stereocenters. The molecule has 2 N–H and O–H groups in total. The monoisotopic (exact) mass is 171 g/mol. The molecule has 0 aliphatic carbocycles. The van der Waals surface area contributed by atoms with E-state index in [-0.39, 0.29) is 6.10 Å². The Hall–Kier alpha value is -0.370. The van der Waals surface area contributed by atoms with Crippen LogP contribution in [0.25, 0.3) is 0 Å². The van der Waals surface area contributed by atoms with Gasteiger partial charge in [0.25, 0.3) is 0 Å². The van der Waals surface area contributed by atoms with Crippen LogP contribution in [0.1, 0.15) is 40.0 Å². The first-order valence-electron chi connectivity index (χ1n) is 4.76. The molecule has 0 saturated carbocycles. The van der Waals surface area contributed by atoms with Gasteiger partial charge in [-0.05, 0) is 44.2 Å². The molecule has 0 aromatic heterocycles. The van der Waals surface area contributed by atoms with Crippen molar-refractivity contribution in [2.75, 3.05) is 0 Å². The second-order valence-electron chi connectivity index (χ2n) is 3.78. The van der Waals surface area contributed by atoms with Crippen molar-refractivity contribution in [3.63, 3.8) is 0 Å². The molecule has 12 heavy (non-hydrogen) atoms. The van der Waals surface area contributed by atoms with Gasteiger partial charge in [-0.3, -0.25) is 0 Å². The fourth-order valence-corrected chi connectivity index (χ4v) is 1.59. The van der Waals surface area contributed by atoms with Gasteiger partial charge in [-0.1, -0.05) is 13.8 Å². The zero-order valence-corrected chi connectivity index (χ0v) is 8.38. The summed E-state index contributed by atoms with van der Waals surface area (Å²) in [6.07, 6.45) is 4.13. The maximum Gasteiger partial charge on any atom is 0.0542 e. The highest BCUT2D eigenvalue weighted by Gasteiger charge is 2.17. The highest BCUT2D eigenvalue weighted by atomic mass is 16.3. The fourth-order valence-electron chi connectivity index (χ4n) is 1.59. The van der Waals surface area contributed by atoms with E-state index in [2.05, 4.69) is 13.8 Å². The Kier molecular flexibility index (Phi) is 5.99. The van der Waals surface area contributed by atoms with Crippen molar-refractivity contribution in [1.82, 2.24) is 0 Å². The van der Waals surface area contributed by atoms with Crippen molar-refractivity contribution in [2.45, 2.75) is 46.1 Å². The Labute approximate surface area is 75.5 Å². The van der Waals surface area contributed by atoms with Crippen molar-refractivity contribution < 1.29 is 5.11 Å². The van der Waals surface area contributed by atoms with Crippen molar-refractivity contribution in [2.24, 2.45) is 11.8 Å². The first-order valence-corrected chi connectivity index (χ1v) is 4.76. The molecule has 0 amide bonds. The molecule has 0 radical (unpaired) electrons. The summed E-state index contributed by atoms with van der Waals surface area (Å²) in [5.41, 5.74) is 0. The molecule has 2 heteroatoms. The van der Waals surface area contributed by atoms with Crippen LogP contribution < -0.4 is 0 Å². The first-order chi connectivity index (χ1) is 5.59. The van der Waals surface area contributed by atoms with E-state index < -0.39 is 0 Å². The third-order valence-electron chi connectivity index (χ3n) is 2.36. The topological polar surface area (TPSA) is 44.1 Å². The van der Waals surface area contributed by atoms with Crippen molar-refractivity contribution >= 4 is 6.21 Å². The Morgan fingerprint density at radius 1 is 1.33 bits per heavy atom. The Morgan fingerprint density at radius 2 is 1.92 bits per heavy atom. The van der Waals surface area contributed by atoms with Crippen LogP contribution >= 0.6 is 0 Å². The summed E-state index contributed by atoms with van der Waals surface area (Å²) in [6.45, 7) is 6.14. The van der Waals surface area contributed by atoms with Crippen LogP contribution in [0.2, 0.25) is 0 Å². The number of hydrogen-bond acceptors (Lipinski definition) is 2. The van der Waals surface area contributed by atoms with Crippen molar-refractivity contribution in [3.8, 4) is 0 Å².